The first-order chi connectivity index (χ1) is 12.7. The first kappa shape index (κ1) is 16.1. The quantitative estimate of drug-likeness (QED) is 0.733. The van der Waals surface area contributed by atoms with E-state index in [4.69, 9.17) is 9.15 Å². The Labute approximate surface area is 150 Å². The van der Waals surface area contributed by atoms with E-state index >= 15 is 0 Å². The Bertz CT molecular complexity index is 942. The number of hydrogen-bond donors (Lipinski definition) is 1. The molecule has 0 radical (unpaired) electrons. The van der Waals surface area contributed by atoms with Gasteiger partial charge in [-0.25, -0.2) is 0 Å². The lowest BCUT2D eigenvalue weighted by Crippen LogP contribution is -2.10. The van der Waals surface area contributed by atoms with E-state index < -0.39 is 0 Å². The van der Waals surface area contributed by atoms with Crippen molar-refractivity contribution in [3.63, 3.8) is 0 Å². The fourth-order valence-corrected chi connectivity index (χ4v) is 2.93. The second kappa shape index (κ2) is 6.88. The minimum Gasteiger partial charge on any atom is -0.457 e. The second-order valence-corrected chi connectivity index (χ2v) is 6.12. The largest absolute Gasteiger partial charge is 0.457 e. The number of furan rings is 1. The number of hydrogen-bond acceptors (Lipinski definition) is 4. The third kappa shape index (κ3) is 3.37. The lowest BCUT2D eigenvalue weighted by molar-refractivity contribution is 0.0963. The van der Waals surface area contributed by atoms with Crippen LogP contribution in [-0.2, 0) is 6.42 Å². The number of nitrogens with one attached hydrogen (secondary N) is 1. The molecule has 3 aromatic rings. The molecular formula is C21H17NO4. The predicted octanol–water partition coefficient (Wildman–Crippen LogP) is 4.84. The number of anilines is 1. The Morgan fingerprint density at radius 3 is 2.42 bits per heavy atom. The summed E-state index contributed by atoms with van der Waals surface area (Å²) in [4.78, 5) is 24.2. The molecule has 0 saturated carbocycles. The highest BCUT2D eigenvalue weighted by molar-refractivity contribution is 6.05. The standard InChI is InChI=1S/C21H17NO4/c23-18-7-4-8-19-17(18)13-20(26-19)21(24)22-14-9-11-16(12-10-14)25-15-5-2-1-3-6-15/h1-3,5-6,9-13H,4,7-8H2,(H,22,24). The fourth-order valence-electron chi connectivity index (χ4n) is 2.93. The van der Waals surface area contributed by atoms with Crippen LogP contribution in [-0.4, -0.2) is 11.7 Å². The summed E-state index contributed by atoms with van der Waals surface area (Å²) >= 11 is 0. The molecule has 1 aromatic heterocycles. The smallest absolute Gasteiger partial charge is 0.291 e. The number of Topliss-reactive ketones (excluding diaryl/α,β-unsaturated/α-hetero) is 1. The zero-order valence-electron chi connectivity index (χ0n) is 14.0. The van der Waals surface area contributed by atoms with Gasteiger partial charge in [-0.2, -0.15) is 0 Å². The normalized spacial score (nSPS) is 13.2. The minimum atomic E-state index is -0.371. The molecule has 2 aromatic carbocycles. The number of rotatable bonds is 4. The molecule has 0 spiro atoms. The van der Waals surface area contributed by atoms with Crippen LogP contribution in [0.25, 0.3) is 0 Å². The van der Waals surface area contributed by atoms with Crippen molar-refractivity contribution < 1.29 is 18.7 Å². The molecule has 1 N–H and O–H groups in total. The van der Waals surface area contributed by atoms with Crippen LogP contribution in [0.1, 0.15) is 39.5 Å². The fraction of sp³-hybridized carbons (Fsp3) is 0.143. The van der Waals surface area contributed by atoms with E-state index in [2.05, 4.69) is 5.32 Å². The number of carbonyl (C=O) groups excluding carboxylic acids is 2. The highest BCUT2D eigenvalue weighted by Gasteiger charge is 2.24. The Hall–Kier alpha value is -3.34. The van der Waals surface area contributed by atoms with Crippen LogP contribution in [0.3, 0.4) is 0 Å². The molecule has 0 atom stereocenters. The van der Waals surface area contributed by atoms with Crippen molar-refractivity contribution >= 4 is 17.4 Å². The highest BCUT2D eigenvalue weighted by Crippen LogP contribution is 2.26. The molecule has 0 aliphatic heterocycles. The summed E-state index contributed by atoms with van der Waals surface area (Å²) in [6, 6.07) is 18.1. The Kier molecular flexibility index (Phi) is 4.27. The van der Waals surface area contributed by atoms with Crippen LogP contribution in [0.2, 0.25) is 0 Å². The third-order valence-electron chi connectivity index (χ3n) is 4.23. The summed E-state index contributed by atoms with van der Waals surface area (Å²) in [6.45, 7) is 0. The number of fused-ring (bicyclic) bond motifs is 1. The molecule has 0 bridgehead atoms. The van der Waals surface area contributed by atoms with Crippen LogP contribution in [0.15, 0.2) is 65.1 Å². The number of para-hydroxylation sites is 1. The number of aryl methyl sites for hydroxylation is 1. The summed E-state index contributed by atoms with van der Waals surface area (Å²) in [6.07, 6.45) is 1.97. The predicted molar refractivity (Wildman–Crippen MR) is 96.9 cm³/mol. The number of amides is 1. The van der Waals surface area contributed by atoms with Crippen molar-refractivity contribution in [3.8, 4) is 11.5 Å². The van der Waals surface area contributed by atoms with Crippen LogP contribution >= 0.6 is 0 Å². The topological polar surface area (TPSA) is 68.5 Å². The lowest BCUT2D eigenvalue weighted by atomic mass is 9.97. The van der Waals surface area contributed by atoms with Crippen molar-refractivity contribution in [3.05, 3.63) is 77.7 Å². The van der Waals surface area contributed by atoms with Crippen LogP contribution in [0, 0.1) is 0 Å². The molecule has 26 heavy (non-hydrogen) atoms. The highest BCUT2D eigenvalue weighted by atomic mass is 16.5. The summed E-state index contributed by atoms with van der Waals surface area (Å²) < 4.78 is 11.3. The van der Waals surface area contributed by atoms with Gasteiger partial charge in [0.25, 0.3) is 5.91 Å². The molecular weight excluding hydrogens is 330 g/mol. The van der Waals surface area contributed by atoms with E-state index in [1.807, 2.05) is 30.3 Å². The van der Waals surface area contributed by atoms with E-state index in [1.54, 1.807) is 30.3 Å². The summed E-state index contributed by atoms with van der Waals surface area (Å²) in [7, 11) is 0. The first-order valence-corrected chi connectivity index (χ1v) is 8.49. The molecule has 0 unspecified atom stereocenters. The van der Waals surface area contributed by atoms with E-state index in [1.165, 1.54) is 0 Å². The van der Waals surface area contributed by atoms with Gasteiger partial charge in [0, 0.05) is 24.6 Å². The molecule has 4 rings (SSSR count). The molecule has 1 amide bonds. The molecule has 1 heterocycles. The van der Waals surface area contributed by atoms with Crippen molar-refractivity contribution in [1.29, 1.82) is 0 Å². The summed E-state index contributed by atoms with van der Waals surface area (Å²) in [5, 5.41) is 2.77. The average molecular weight is 347 g/mol. The van der Waals surface area contributed by atoms with Crippen molar-refractivity contribution in [2.75, 3.05) is 5.32 Å². The zero-order chi connectivity index (χ0) is 17.9. The van der Waals surface area contributed by atoms with Gasteiger partial charge in [0.1, 0.15) is 17.3 Å². The maximum Gasteiger partial charge on any atom is 0.291 e. The van der Waals surface area contributed by atoms with Crippen molar-refractivity contribution in [1.82, 2.24) is 0 Å². The monoisotopic (exact) mass is 347 g/mol. The van der Waals surface area contributed by atoms with Gasteiger partial charge in [-0.3, -0.25) is 9.59 Å². The Morgan fingerprint density at radius 2 is 1.69 bits per heavy atom. The first-order valence-electron chi connectivity index (χ1n) is 8.49. The summed E-state index contributed by atoms with van der Waals surface area (Å²) in [5.41, 5.74) is 1.16. The molecule has 0 saturated heterocycles. The average Bonchev–Trinajstić information content (AvgIpc) is 3.10. The van der Waals surface area contributed by atoms with Gasteiger partial charge >= 0.3 is 0 Å². The molecule has 0 fully saturated rings. The van der Waals surface area contributed by atoms with E-state index in [0.29, 0.717) is 35.6 Å². The molecule has 130 valence electrons. The van der Waals surface area contributed by atoms with Gasteiger partial charge in [-0.15, -0.1) is 0 Å². The number of carbonyl (C=O) groups is 2. The van der Waals surface area contributed by atoms with Gasteiger partial charge in [0.2, 0.25) is 0 Å². The Balaban J connectivity index is 1.44. The molecule has 1 aliphatic carbocycles. The maximum atomic E-state index is 12.4. The third-order valence-corrected chi connectivity index (χ3v) is 4.23. The maximum absolute atomic E-state index is 12.4. The lowest BCUT2D eigenvalue weighted by Gasteiger charge is -2.07. The zero-order valence-corrected chi connectivity index (χ0v) is 14.0. The van der Waals surface area contributed by atoms with Crippen LogP contribution < -0.4 is 10.1 Å². The van der Waals surface area contributed by atoms with Gasteiger partial charge < -0.3 is 14.5 Å². The van der Waals surface area contributed by atoms with Crippen LogP contribution in [0.4, 0.5) is 5.69 Å². The van der Waals surface area contributed by atoms with E-state index in [9.17, 15) is 9.59 Å². The minimum absolute atomic E-state index is 0.0384. The van der Waals surface area contributed by atoms with Gasteiger partial charge in [-0.05, 0) is 42.8 Å². The van der Waals surface area contributed by atoms with Crippen molar-refractivity contribution in [2.24, 2.45) is 0 Å². The van der Waals surface area contributed by atoms with E-state index in [-0.39, 0.29) is 17.5 Å². The van der Waals surface area contributed by atoms with E-state index in [0.717, 1.165) is 12.2 Å². The number of benzene rings is 2. The van der Waals surface area contributed by atoms with Crippen LogP contribution in [0.5, 0.6) is 11.5 Å². The number of ketones is 1. The number of ether oxygens (including phenoxy) is 1. The SMILES string of the molecule is O=C(Nc1ccc(Oc2ccccc2)cc1)c1cc2c(o1)CCCC2=O. The van der Waals surface area contributed by atoms with Crippen molar-refractivity contribution in [2.45, 2.75) is 19.3 Å². The Morgan fingerprint density at radius 1 is 0.962 bits per heavy atom. The van der Waals surface area contributed by atoms with Gasteiger partial charge in [0.15, 0.2) is 11.5 Å². The summed E-state index contributed by atoms with van der Waals surface area (Å²) in [5.74, 6) is 1.86. The molecule has 5 heteroatoms. The molecule has 1 aliphatic rings. The second-order valence-electron chi connectivity index (χ2n) is 6.12. The van der Waals surface area contributed by atoms with Gasteiger partial charge in [0.05, 0.1) is 5.56 Å². The molecule has 5 nitrogen and oxygen atoms in total. The van der Waals surface area contributed by atoms with Gasteiger partial charge in [-0.1, -0.05) is 18.2 Å².